The van der Waals surface area contributed by atoms with E-state index in [4.69, 9.17) is 9.47 Å². The van der Waals surface area contributed by atoms with E-state index in [0.29, 0.717) is 36.9 Å². The minimum absolute atomic E-state index is 0.00393. The van der Waals surface area contributed by atoms with Crippen molar-refractivity contribution in [2.75, 3.05) is 19.0 Å². The zero-order valence-corrected chi connectivity index (χ0v) is 20.1. The minimum Gasteiger partial charge on any atom is -0.490 e. The largest absolute Gasteiger partial charge is 0.490 e. The molecular formula is C25H32F3NO3S. The van der Waals surface area contributed by atoms with Crippen LogP contribution in [0.25, 0.3) is 0 Å². The maximum absolute atomic E-state index is 12.9. The van der Waals surface area contributed by atoms with Crippen molar-refractivity contribution in [1.82, 2.24) is 5.32 Å². The van der Waals surface area contributed by atoms with Crippen LogP contribution in [-0.4, -0.2) is 41.9 Å². The summed E-state index contributed by atoms with van der Waals surface area (Å²) in [6.45, 7) is 6.74. The van der Waals surface area contributed by atoms with Gasteiger partial charge < -0.3 is 14.6 Å². The average molecular weight is 484 g/mol. The highest BCUT2D eigenvalue weighted by atomic mass is 32.2. The number of hydrogen-bond donors (Lipinski definition) is 2. The first-order valence-corrected chi connectivity index (χ1v) is 12.3. The maximum atomic E-state index is 12.9. The molecule has 3 atom stereocenters. The molecule has 2 N–H and O–H groups in total. The van der Waals surface area contributed by atoms with Gasteiger partial charge in [-0.25, -0.2) is 0 Å². The summed E-state index contributed by atoms with van der Waals surface area (Å²) in [6, 6.07) is 13.5. The molecule has 1 heterocycles. The van der Waals surface area contributed by atoms with Gasteiger partial charge in [0.15, 0.2) is 11.5 Å². The molecule has 0 bridgehead atoms. The van der Waals surface area contributed by atoms with E-state index in [1.807, 2.05) is 63.2 Å². The number of nitrogens with one attached hydrogen (secondary N) is 1. The smallest absolute Gasteiger partial charge is 0.391 e. The van der Waals surface area contributed by atoms with Crippen molar-refractivity contribution >= 4 is 11.8 Å². The molecule has 1 unspecified atom stereocenters. The van der Waals surface area contributed by atoms with Crippen LogP contribution in [0.5, 0.6) is 11.5 Å². The molecule has 2 aromatic rings. The second kappa shape index (κ2) is 11.0. The van der Waals surface area contributed by atoms with Crippen molar-refractivity contribution < 1.29 is 27.8 Å². The third kappa shape index (κ3) is 6.58. The zero-order chi connectivity index (χ0) is 24.1. The lowest BCUT2D eigenvalue weighted by Crippen LogP contribution is -2.50. The predicted molar refractivity (Wildman–Crippen MR) is 125 cm³/mol. The van der Waals surface area contributed by atoms with Crippen LogP contribution in [0.15, 0.2) is 47.4 Å². The van der Waals surface area contributed by atoms with Crippen LogP contribution in [0.4, 0.5) is 13.2 Å². The summed E-state index contributed by atoms with van der Waals surface area (Å²) in [5.41, 5.74) is 1.29. The van der Waals surface area contributed by atoms with Crippen molar-refractivity contribution in [2.45, 2.75) is 68.8 Å². The van der Waals surface area contributed by atoms with Gasteiger partial charge in [0.2, 0.25) is 0 Å². The molecule has 1 aliphatic rings. The number of thioether (sulfide) groups is 1. The van der Waals surface area contributed by atoms with E-state index in [2.05, 4.69) is 5.32 Å². The highest BCUT2D eigenvalue weighted by molar-refractivity contribution is 7.99. The number of fused-ring (bicyclic) bond motifs is 1. The highest BCUT2D eigenvalue weighted by Crippen LogP contribution is 2.45. The predicted octanol–water partition coefficient (Wildman–Crippen LogP) is 6.12. The van der Waals surface area contributed by atoms with E-state index in [9.17, 15) is 18.3 Å². The number of benzene rings is 2. The molecule has 0 spiro atoms. The first-order valence-electron chi connectivity index (χ1n) is 11.3. The van der Waals surface area contributed by atoms with Gasteiger partial charge in [-0.3, -0.25) is 5.32 Å². The normalized spacial score (nSPS) is 21.7. The van der Waals surface area contributed by atoms with E-state index in [1.165, 1.54) is 0 Å². The molecule has 182 valence electrons. The third-order valence-electron chi connectivity index (χ3n) is 5.84. The van der Waals surface area contributed by atoms with Gasteiger partial charge in [-0.2, -0.15) is 13.2 Å². The summed E-state index contributed by atoms with van der Waals surface area (Å²) < 4.78 is 50.5. The van der Waals surface area contributed by atoms with Crippen LogP contribution >= 0.6 is 11.8 Å². The molecule has 33 heavy (non-hydrogen) atoms. The van der Waals surface area contributed by atoms with E-state index in [1.54, 1.807) is 11.8 Å². The number of ether oxygens (including phenoxy) is 2. The molecule has 0 aliphatic carbocycles. The third-order valence-corrected chi connectivity index (χ3v) is 7.21. The number of halogens is 3. The fourth-order valence-electron chi connectivity index (χ4n) is 4.25. The van der Waals surface area contributed by atoms with Crippen LogP contribution in [0, 0.1) is 0 Å². The Morgan fingerprint density at radius 2 is 1.73 bits per heavy atom. The van der Waals surface area contributed by atoms with E-state index >= 15 is 0 Å². The fraction of sp³-hybridized carbons (Fsp3) is 0.520. The topological polar surface area (TPSA) is 50.7 Å². The van der Waals surface area contributed by atoms with Crippen molar-refractivity contribution in [3.8, 4) is 11.5 Å². The van der Waals surface area contributed by atoms with Crippen molar-refractivity contribution in [3.63, 3.8) is 0 Å². The Kier molecular flexibility index (Phi) is 8.59. The van der Waals surface area contributed by atoms with Crippen LogP contribution < -0.4 is 14.8 Å². The molecule has 8 heteroatoms. The summed E-state index contributed by atoms with van der Waals surface area (Å²) in [5.74, 6) is 1.81. The number of aliphatic hydroxyl groups is 1. The Bertz CT molecular complexity index is 910. The lowest BCUT2D eigenvalue weighted by molar-refractivity contribution is -0.155. The van der Waals surface area contributed by atoms with Gasteiger partial charge in [0, 0.05) is 16.2 Å². The second-order valence-electron chi connectivity index (χ2n) is 8.29. The number of alkyl halides is 3. The van der Waals surface area contributed by atoms with E-state index in [0.717, 1.165) is 16.0 Å². The standard InChI is InChI=1S/C25H32F3NO3S/c1-4-24(14-18(30)15-25(26,27)28)16-33-22-13-21(32-6-3)20(31-5-2)12-19(22)23(29-24)17-10-8-7-9-11-17/h7-13,18,23,29-30H,4-6,14-16H2,1-3H3/t18?,23-,24-/m0/s1. The van der Waals surface area contributed by atoms with Gasteiger partial charge in [0.25, 0.3) is 0 Å². The SMILES string of the molecule is CCOc1cc2c(cc1OCC)[C@H](c1ccccc1)N[C@@](CC)(CC(O)CC(F)(F)F)CS2. The quantitative estimate of drug-likeness (QED) is 0.450. The highest BCUT2D eigenvalue weighted by Gasteiger charge is 2.40. The molecule has 0 radical (unpaired) electrons. The maximum Gasteiger partial charge on any atom is 0.391 e. The molecule has 2 aromatic carbocycles. The van der Waals surface area contributed by atoms with Gasteiger partial charge in [-0.15, -0.1) is 11.8 Å². The van der Waals surface area contributed by atoms with E-state index < -0.39 is 24.2 Å². The van der Waals surface area contributed by atoms with Crippen molar-refractivity contribution in [1.29, 1.82) is 0 Å². The second-order valence-corrected chi connectivity index (χ2v) is 9.31. The van der Waals surface area contributed by atoms with Gasteiger partial charge in [0.1, 0.15) is 0 Å². The van der Waals surface area contributed by atoms with Gasteiger partial charge in [-0.1, -0.05) is 37.3 Å². The Morgan fingerprint density at radius 3 is 2.30 bits per heavy atom. The monoisotopic (exact) mass is 483 g/mol. The lowest BCUT2D eigenvalue weighted by Gasteiger charge is -2.37. The summed E-state index contributed by atoms with van der Waals surface area (Å²) in [6.07, 6.45) is -6.53. The fourth-order valence-corrected chi connectivity index (χ4v) is 5.62. The average Bonchev–Trinajstić information content (AvgIpc) is 2.91. The molecule has 0 fully saturated rings. The molecule has 1 aliphatic heterocycles. The molecule has 0 saturated carbocycles. The molecule has 0 aromatic heterocycles. The summed E-state index contributed by atoms with van der Waals surface area (Å²) in [4.78, 5) is 0.990. The number of rotatable bonds is 9. The van der Waals surface area contributed by atoms with Crippen LogP contribution in [0.2, 0.25) is 0 Å². The van der Waals surface area contributed by atoms with Crippen LogP contribution in [-0.2, 0) is 0 Å². The van der Waals surface area contributed by atoms with Gasteiger partial charge in [0.05, 0.1) is 31.8 Å². The number of aliphatic hydroxyl groups excluding tert-OH is 1. The minimum atomic E-state index is -4.41. The Labute approximate surface area is 197 Å². The van der Waals surface area contributed by atoms with Gasteiger partial charge in [-0.05, 0) is 49.9 Å². The van der Waals surface area contributed by atoms with Crippen LogP contribution in [0.1, 0.15) is 57.2 Å². The van der Waals surface area contributed by atoms with E-state index in [-0.39, 0.29) is 12.5 Å². The van der Waals surface area contributed by atoms with Gasteiger partial charge >= 0.3 is 6.18 Å². The lowest BCUT2D eigenvalue weighted by atomic mass is 9.86. The van der Waals surface area contributed by atoms with Crippen molar-refractivity contribution in [2.24, 2.45) is 0 Å². The van der Waals surface area contributed by atoms with Crippen molar-refractivity contribution in [3.05, 3.63) is 53.6 Å². The Morgan fingerprint density at radius 1 is 1.09 bits per heavy atom. The Balaban J connectivity index is 2.05. The Hall–Kier alpha value is -1.90. The summed E-state index contributed by atoms with van der Waals surface area (Å²) in [5, 5.41) is 14.0. The number of hydrogen-bond acceptors (Lipinski definition) is 5. The first kappa shape index (κ1) is 25.7. The molecule has 4 nitrogen and oxygen atoms in total. The molecular weight excluding hydrogens is 451 g/mol. The summed E-state index contributed by atoms with van der Waals surface area (Å²) >= 11 is 1.58. The molecule has 3 rings (SSSR count). The first-order chi connectivity index (χ1) is 15.7. The zero-order valence-electron chi connectivity index (χ0n) is 19.2. The molecule has 0 amide bonds. The molecule has 0 saturated heterocycles. The summed E-state index contributed by atoms with van der Waals surface area (Å²) in [7, 11) is 0. The van der Waals surface area contributed by atoms with Crippen LogP contribution in [0.3, 0.4) is 0 Å².